The van der Waals surface area contributed by atoms with E-state index in [2.05, 4.69) is 18.9 Å². The second-order valence-corrected chi connectivity index (χ2v) is 3.47. The number of nitrogen functional groups attached to an aromatic ring is 1. The second kappa shape index (κ2) is 4.26. The first-order valence-electron chi connectivity index (χ1n) is 5.00. The van der Waals surface area contributed by atoms with Gasteiger partial charge in [0.05, 0.1) is 17.8 Å². The maximum atomic E-state index is 7.37. The van der Waals surface area contributed by atoms with E-state index in [1.165, 1.54) is 0 Å². The van der Waals surface area contributed by atoms with Crippen LogP contribution in [0.3, 0.4) is 0 Å². The Balaban J connectivity index is 3.05. The molecule has 0 saturated carbocycles. The Labute approximate surface area is 84.6 Å². The highest BCUT2D eigenvalue weighted by atomic mass is 15.3. The van der Waals surface area contributed by atoms with Gasteiger partial charge < -0.3 is 5.73 Å². The summed E-state index contributed by atoms with van der Waals surface area (Å²) in [5, 5.41) is 11.6. The minimum atomic E-state index is 0.0970. The average Bonchev–Trinajstić information content (AvgIpc) is 2.51. The molecule has 4 nitrogen and oxygen atoms in total. The number of amidine groups is 1. The van der Waals surface area contributed by atoms with Crippen LogP contribution in [0.25, 0.3) is 0 Å². The number of rotatable bonds is 4. The standard InChI is InChI=1S/C10H18N4/c1-4-8(5-2)14-7(3)9(6-13-14)10(11)12/h6,8H,4-5H2,1-3H3,(H3,11,12). The lowest BCUT2D eigenvalue weighted by atomic mass is 10.1. The van der Waals surface area contributed by atoms with E-state index in [-0.39, 0.29) is 5.84 Å². The average molecular weight is 194 g/mol. The van der Waals surface area contributed by atoms with Crippen LogP contribution < -0.4 is 5.73 Å². The molecule has 1 aromatic rings. The van der Waals surface area contributed by atoms with E-state index in [1.807, 2.05) is 11.6 Å². The third kappa shape index (κ3) is 1.78. The fourth-order valence-electron chi connectivity index (χ4n) is 1.69. The first kappa shape index (κ1) is 10.8. The van der Waals surface area contributed by atoms with Crippen molar-refractivity contribution >= 4 is 5.84 Å². The van der Waals surface area contributed by atoms with Crippen molar-refractivity contribution in [2.24, 2.45) is 5.73 Å². The van der Waals surface area contributed by atoms with Crippen molar-refractivity contribution in [1.82, 2.24) is 9.78 Å². The van der Waals surface area contributed by atoms with Gasteiger partial charge in [0.15, 0.2) is 0 Å². The summed E-state index contributed by atoms with van der Waals surface area (Å²) in [6.07, 6.45) is 3.78. The lowest BCUT2D eigenvalue weighted by molar-refractivity contribution is 0.420. The van der Waals surface area contributed by atoms with Gasteiger partial charge in [-0.25, -0.2) is 0 Å². The van der Waals surface area contributed by atoms with Gasteiger partial charge >= 0.3 is 0 Å². The van der Waals surface area contributed by atoms with Crippen molar-refractivity contribution in [3.8, 4) is 0 Å². The van der Waals surface area contributed by atoms with Crippen molar-refractivity contribution in [2.45, 2.75) is 39.7 Å². The lowest BCUT2D eigenvalue weighted by Gasteiger charge is -2.15. The molecule has 0 unspecified atom stereocenters. The Bertz CT molecular complexity index is 323. The van der Waals surface area contributed by atoms with Crippen molar-refractivity contribution in [1.29, 1.82) is 5.41 Å². The van der Waals surface area contributed by atoms with E-state index >= 15 is 0 Å². The Morgan fingerprint density at radius 3 is 2.50 bits per heavy atom. The van der Waals surface area contributed by atoms with Crippen molar-refractivity contribution in [3.05, 3.63) is 17.5 Å². The van der Waals surface area contributed by atoms with Gasteiger partial charge in [-0.1, -0.05) is 13.8 Å². The summed E-state index contributed by atoms with van der Waals surface area (Å²) in [5.74, 6) is 0.0970. The van der Waals surface area contributed by atoms with E-state index in [0.717, 1.165) is 24.1 Å². The van der Waals surface area contributed by atoms with Crippen molar-refractivity contribution in [2.75, 3.05) is 0 Å². The highest BCUT2D eigenvalue weighted by molar-refractivity contribution is 5.95. The van der Waals surface area contributed by atoms with Gasteiger partial charge in [-0.05, 0) is 19.8 Å². The molecule has 0 saturated heterocycles. The van der Waals surface area contributed by atoms with Gasteiger partial charge in [-0.3, -0.25) is 10.1 Å². The van der Waals surface area contributed by atoms with Gasteiger partial charge in [-0.15, -0.1) is 0 Å². The van der Waals surface area contributed by atoms with Crippen molar-refractivity contribution < 1.29 is 0 Å². The molecule has 0 radical (unpaired) electrons. The molecule has 0 fully saturated rings. The molecule has 78 valence electrons. The fourth-order valence-corrected chi connectivity index (χ4v) is 1.69. The molecule has 0 aliphatic carbocycles. The predicted octanol–water partition coefficient (Wildman–Crippen LogP) is 1.84. The molecule has 3 N–H and O–H groups in total. The molecule has 0 aliphatic heterocycles. The van der Waals surface area contributed by atoms with Gasteiger partial charge in [0.25, 0.3) is 0 Å². The summed E-state index contributed by atoms with van der Waals surface area (Å²) in [6.45, 7) is 6.24. The number of aromatic nitrogens is 2. The molecule has 0 aromatic carbocycles. The minimum absolute atomic E-state index is 0.0970. The zero-order valence-corrected chi connectivity index (χ0v) is 9.04. The Morgan fingerprint density at radius 1 is 1.57 bits per heavy atom. The van der Waals surface area contributed by atoms with Crippen LogP contribution in [0, 0.1) is 12.3 Å². The van der Waals surface area contributed by atoms with E-state index < -0.39 is 0 Å². The van der Waals surface area contributed by atoms with Crippen LogP contribution in [0.2, 0.25) is 0 Å². The van der Waals surface area contributed by atoms with Crippen molar-refractivity contribution in [3.63, 3.8) is 0 Å². The van der Waals surface area contributed by atoms with Gasteiger partial charge in [-0.2, -0.15) is 5.10 Å². The highest BCUT2D eigenvalue weighted by Gasteiger charge is 2.13. The largest absolute Gasteiger partial charge is 0.384 e. The molecule has 1 heterocycles. The number of nitrogens with one attached hydrogen (secondary N) is 1. The first-order valence-corrected chi connectivity index (χ1v) is 5.00. The van der Waals surface area contributed by atoms with Crippen LogP contribution in [-0.4, -0.2) is 15.6 Å². The summed E-state index contributed by atoms with van der Waals surface area (Å²) in [7, 11) is 0. The number of hydrogen-bond acceptors (Lipinski definition) is 2. The molecule has 0 aliphatic rings. The summed E-state index contributed by atoms with van der Waals surface area (Å²) in [5.41, 5.74) is 7.18. The predicted molar refractivity (Wildman–Crippen MR) is 57.6 cm³/mol. The van der Waals surface area contributed by atoms with Crippen LogP contribution in [0.5, 0.6) is 0 Å². The van der Waals surface area contributed by atoms with Gasteiger partial charge in [0.1, 0.15) is 5.84 Å². The second-order valence-electron chi connectivity index (χ2n) is 3.47. The van der Waals surface area contributed by atoms with E-state index in [1.54, 1.807) is 6.20 Å². The van der Waals surface area contributed by atoms with E-state index in [9.17, 15) is 0 Å². The Kier molecular flexibility index (Phi) is 3.28. The highest BCUT2D eigenvalue weighted by Crippen LogP contribution is 2.18. The van der Waals surface area contributed by atoms with E-state index in [4.69, 9.17) is 11.1 Å². The minimum Gasteiger partial charge on any atom is -0.384 e. The maximum absolute atomic E-state index is 7.37. The molecule has 4 heteroatoms. The van der Waals surface area contributed by atoms with E-state index in [0.29, 0.717) is 6.04 Å². The normalized spacial score (nSPS) is 10.9. The molecular weight excluding hydrogens is 176 g/mol. The van der Waals surface area contributed by atoms with Crippen LogP contribution in [0.15, 0.2) is 6.20 Å². The summed E-state index contributed by atoms with van der Waals surface area (Å²) in [6, 6.07) is 0.420. The number of nitrogens with two attached hydrogens (primary N) is 1. The molecule has 1 aromatic heterocycles. The van der Waals surface area contributed by atoms with Gasteiger partial charge in [0, 0.05) is 5.69 Å². The SMILES string of the molecule is CCC(CC)n1ncc(C(=N)N)c1C. The topological polar surface area (TPSA) is 67.7 Å². The summed E-state index contributed by atoms with van der Waals surface area (Å²) < 4.78 is 1.97. The molecule has 14 heavy (non-hydrogen) atoms. The number of hydrogen-bond donors (Lipinski definition) is 2. The molecule has 1 rings (SSSR count). The monoisotopic (exact) mass is 194 g/mol. The quantitative estimate of drug-likeness (QED) is 0.567. The Morgan fingerprint density at radius 2 is 2.14 bits per heavy atom. The van der Waals surface area contributed by atoms with Gasteiger partial charge in [0.2, 0.25) is 0 Å². The maximum Gasteiger partial charge on any atom is 0.126 e. The smallest absolute Gasteiger partial charge is 0.126 e. The zero-order chi connectivity index (χ0) is 10.7. The summed E-state index contributed by atoms with van der Waals surface area (Å²) in [4.78, 5) is 0. The number of nitrogens with zero attached hydrogens (tertiary/aromatic N) is 2. The van der Waals surface area contributed by atoms with Crippen LogP contribution in [-0.2, 0) is 0 Å². The fraction of sp³-hybridized carbons (Fsp3) is 0.600. The molecule has 0 amide bonds. The Hall–Kier alpha value is -1.32. The van der Waals surface area contributed by atoms with Crippen LogP contribution in [0.1, 0.15) is 44.0 Å². The zero-order valence-electron chi connectivity index (χ0n) is 9.04. The third-order valence-electron chi connectivity index (χ3n) is 2.62. The lowest BCUT2D eigenvalue weighted by Crippen LogP contribution is -2.14. The molecule has 0 bridgehead atoms. The third-order valence-corrected chi connectivity index (χ3v) is 2.62. The summed E-state index contributed by atoms with van der Waals surface area (Å²) >= 11 is 0. The van der Waals surface area contributed by atoms with Crippen LogP contribution >= 0.6 is 0 Å². The first-order chi connectivity index (χ1) is 6.61. The molecule has 0 atom stereocenters. The van der Waals surface area contributed by atoms with Crippen LogP contribution in [0.4, 0.5) is 0 Å². The molecular formula is C10H18N4. The molecule has 0 spiro atoms.